The number of carbonyl (C=O) groups is 2. The van der Waals surface area contributed by atoms with Crippen LogP contribution < -0.4 is 0 Å². The monoisotopic (exact) mass is 360 g/mol. The van der Waals surface area contributed by atoms with E-state index in [1.807, 2.05) is 46.0 Å². The van der Waals surface area contributed by atoms with Crippen LogP contribution in [0.3, 0.4) is 0 Å². The Balaban J connectivity index is 2.06. The minimum absolute atomic E-state index is 0.0150. The van der Waals surface area contributed by atoms with Gasteiger partial charge >= 0.3 is 6.09 Å². The third-order valence-corrected chi connectivity index (χ3v) is 5.66. The molecule has 0 radical (unpaired) electrons. The molecule has 0 spiro atoms. The predicted octanol–water partition coefficient (Wildman–Crippen LogP) is 4.10. The zero-order chi connectivity index (χ0) is 19.4. The smallest absolute Gasteiger partial charge is 0.417 e. The highest BCUT2D eigenvalue weighted by Crippen LogP contribution is 2.55. The van der Waals surface area contributed by atoms with Crippen molar-refractivity contribution in [1.29, 1.82) is 0 Å². The number of nitrogens with zero attached hydrogens (tertiary/aromatic N) is 2. The largest absolute Gasteiger partial charge is 0.443 e. The number of allylic oxidation sites excluding steroid dienone is 1. The Morgan fingerprint density at radius 3 is 2.54 bits per heavy atom. The Morgan fingerprint density at radius 1 is 1.31 bits per heavy atom. The Labute approximate surface area is 157 Å². The fraction of sp³-hybridized carbons (Fsp3) is 0.714. The molecule has 2 atom stereocenters. The average molecular weight is 360 g/mol. The first kappa shape index (κ1) is 19.0. The van der Waals surface area contributed by atoms with E-state index in [0.717, 1.165) is 24.8 Å². The van der Waals surface area contributed by atoms with E-state index in [-0.39, 0.29) is 23.3 Å². The molecule has 0 bridgehead atoms. The molecule has 144 valence electrons. The molecule has 1 saturated heterocycles. The molecule has 0 saturated carbocycles. The molecular weight excluding hydrogens is 328 g/mol. The van der Waals surface area contributed by atoms with E-state index in [1.54, 1.807) is 0 Å². The first-order chi connectivity index (χ1) is 11.9. The molecule has 3 rings (SSSR count). The molecule has 2 amide bonds. The van der Waals surface area contributed by atoms with Crippen molar-refractivity contribution in [3.63, 3.8) is 0 Å². The fourth-order valence-corrected chi connectivity index (χ4v) is 4.84. The van der Waals surface area contributed by atoms with Gasteiger partial charge in [-0.3, -0.25) is 4.79 Å². The molecule has 0 N–H and O–H groups in total. The molecule has 5 nitrogen and oxygen atoms in total. The van der Waals surface area contributed by atoms with Crippen LogP contribution >= 0.6 is 0 Å². The van der Waals surface area contributed by atoms with Crippen LogP contribution in [0.2, 0.25) is 0 Å². The first-order valence-electron chi connectivity index (χ1n) is 9.59. The molecule has 2 aliphatic carbocycles. The quantitative estimate of drug-likeness (QED) is 0.522. The standard InChI is InChI=1S/C21H32N2O3/c1-20(2,3)26-19(25)23-17-14(15(18(23)24)12-22(6)7)11-13-9-8-10-21(4,5)16(13)17/h12,14,17H,8-11H2,1-7H3. The molecule has 0 aromatic heterocycles. The number of carbonyl (C=O) groups excluding carboxylic acids is 2. The van der Waals surface area contributed by atoms with Gasteiger partial charge in [0.15, 0.2) is 0 Å². The van der Waals surface area contributed by atoms with Gasteiger partial charge in [0.1, 0.15) is 5.60 Å². The number of likely N-dealkylation sites (tertiary alicyclic amines) is 1. The Kier molecular flexibility index (Phi) is 4.48. The summed E-state index contributed by atoms with van der Waals surface area (Å²) < 4.78 is 5.60. The minimum atomic E-state index is -0.626. The number of ether oxygens (including phenoxy) is 1. The van der Waals surface area contributed by atoms with E-state index in [2.05, 4.69) is 13.8 Å². The van der Waals surface area contributed by atoms with Crippen molar-refractivity contribution in [2.24, 2.45) is 11.3 Å². The molecule has 1 fully saturated rings. The van der Waals surface area contributed by atoms with Crippen molar-refractivity contribution in [2.45, 2.75) is 71.9 Å². The van der Waals surface area contributed by atoms with Crippen molar-refractivity contribution in [2.75, 3.05) is 14.1 Å². The molecular formula is C21H32N2O3. The van der Waals surface area contributed by atoms with E-state index in [4.69, 9.17) is 4.74 Å². The molecule has 3 aliphatic rings. The fourth-order valence-electron chi connectivity index (χ4n) is 4.84. The molecule has 2 unspecified atom stereocenters. The van der Waals surface area contributed by atoms with Gasteiger partial charge in [0.2, 0.25) is 0 Å². The van der Waals surface area contributed by atoms with Gasteiger partial charge in [-0.15, -0.1) is 0 Å². The molecule has 5 heteroatoms. The van der Waals surface area contributed by atoms with Gasteiger partial charge in [-0.2, -0.15) is 0 Å². The lowest BCUT2D eigenvalue weighted by Crippen LogP contribution is -2.45. The Hall–Kier alpha value is -1.78. The van der Waals surface area contributed by atoms with E-state index < -0.39 is 11.7 Å². The third kappa shape index (κ3) is 3.17. The van der Waals surface area contributed by atoms with Crippen LogP contribution in [0.25, 0.3) is 0 Å². The summed E-state index contributed by atoms with van der Waals surface area (Å²) in [5.74, 6) is -0.143. The highest BCUT2D eigenvalue weighted by molar-refractivity contribution is 6.06. The molecule has 1 heterocycles. The van der Waals surface area contributed by atoms with Crippen LogP contribution in [0.5, 0.6) is 0 Å². The number of fused-ring (bicyclic) bond motifs is 2. The van der Waals surface area contributed by atoms with Crippen LogP contribution in [0.15, 0.2) is 22.9 Å². The maximum absolute atomic E-state index is 13.2. The minimum Gasteiger partial charge on any atom is -0.443 e. The second kappa shape index (κ2) is 6.14. The van der Waals surface area contributed by atoms with Crippen molar-refractivity contribution < 1.29 is 14.3 Å². The summed E-state index contributed by atoms with van der Waals surface area (Å²) >= 11 is 0. The third-order valence-electron chi connectivity index (χ3n) is 5.66. The van der Waals surface area contributed by atoms with E-state index >= 15 is 0 Å². The summed E-state index contributed by atoms with van der Waals surface area (Å²) in [4.78, 5) is 29.4. The first-order valence-corrected chi connectivity index (χ1v) is 9.59. The average Bonchev–Trinajstić information content (AvgIpc) is 2.93. The second-order valence-electron chi connectivity index (χ2n) is 9.71. The Morgan fingerprint density at radius 2 is 1.96 bits per heavy atom. The van der Waals surface area contributed by atoms with Crippen LogP contribution in [-0.2, 0) is 9.53 Å². The molecule has 0 aromatic rings. The number of hydrogen-bond acceptors (Lipinski definition) is 4. The van der Waals surface area contributed by atoms with Gasteiger partial charge in [0.25, 0.3) is 5.91 Å². The van der Waals surface area contributed by atoms with E-state index in [0.29, 0.717) is 0 Å². The summed E-state index contributed by atoms with van der Waals surface area (Å²) in [6.45, 7) is 10.0. The van der Waals surface area contributed by atoms with Gasteiger partial charge < -0.3 is 9.64 Å². The summed E-state index contributed by atoms with van der Waals surface area (Å²) in [5.41, 5.74) is 2.87. The molecule has 0 aromatic carbocycles. The second-order valence-corrected chi connectivity index (χ2v) is 9.71. The summed E-state index contributed by atoms with van der Waals surface area (Å²) in [7, 11) is 3.83. The van der Waals surface area contributed by atoms with Crippen LogP contribution in [0, 0.1) is 11.3 Å². The van der Waals surface area contributed by atoms with E-state index in [9.17, 15) is 9.59 Å². The molecule has 26 heavy (non-hydrogen) atoms. The highest BCUT2D eigenvalue weighted by atomic mass is 16.6. The molecule has 1 aliphatic heterocycles. The van der Waals surface area contributed by atoms with Crippen molar-refractivity contribution in [3.05, 3.63) is 22.9 Å². The zero-order valence-corrected chi connectivity index (χ0v) is 17.2. The van der Waals surface area contributed by atoms with Crippen LogP contribution in [0.1, 0.15) is 60.3 Å². The van der Waals surface area contributed by atoms with Gasteiger partial charge in [-0.25, -0.2) is 9.69 Å². The van der Waals surface area contributed by atoms with E-state index in [1.165, 1.54) is 22.5 Å². The Bertz CT molecular complexity index is 695. The number of amides is 2. The zero-order valence-electron chi connectivity index (χ0n) is 17.2. The van der Waals surface area contributed by atoms with Crippen LogP contribution in [-0.4, -0.2) is 47.5 Å². The van der Waals surface area contributed by atoms with Gasteiger partial charge in [-0.05, 0) is 57.4 Å². The predicted molar refractivity (Wildman–Crippen MR) is 101 cm³/mol. The number of imide groups is 1. The lowest BCUT2D eigenvalue weighted by molar-refractivity contribution is -0.125. The lowest BCUT2D eigenvalue weighted by atomic mass is 9.72. The van der Waals surface area contributed by atoms with Crippen molar-refractivity contribution >= 4 is 12.0 Å². The summed E-state index contributed by atoms with van der Waals surface area (Å²) in [5, 5.41) is 0. The van der Waals surface area contributed by atoms with Gasteiger partial charge in [-0.1, -0.05) is 19.4 Å². The number of rotatable bonds is 1. The normalized spacial score (nSPS) is 29.1. The summed E-state index contributed by atoms with van der Waals surface area (Å²) in [6, 6.07) is -0.186. The van der Waals surface area contributed by atoms with Gasteiger partial charge in [0.05, 0.1) is 6.04 Å². The number of hydrogen-bond donors (Lipinski definition) is 0. The van der Waals surface area contributed by atoms with Crippen molar-refractivity contribution in [1.82, 2.24) is 9.80 Å². The van der Waals surface area contributed by atoms with Gasteiger partial charge in [0, 0.05) is 31.8 Å². The van der Waals surface area contributed by atoms with Crippen molar-refractivity contribution in [3.8, 4) is 0 Å². The maximum Gasteiger partial charge on any atom is 0.417 e. The lowest BCUT2D eigenvalue weighted by Gasteiger charge is -2.38. The van der Waals surface area contributed by atoms with Crippen LogP contribution in [0.4, 0.5) is 4.79 Å². The highest BCUT2D eigenvalue weighted by Gasteiger charge is 2.56. The SMILES string of the molecule is CN(C)C=C1C(=O)N(C(=O)OC(C)(C)C)C2C3=C(CCCC3(C)C)CC12. The topological polar surface area (TPSA) is 49.9 Å². The maximum atomic E-state index is 13.2. The summed E-state index contributed by atoms with van der Waals surface area (Å²) in [6.07, 6.45) is 5.60.